The Hall–Kier alpha value is -1.32. The largest absolute Gasteiger partial charge is 0.356 e. The fourth-order valence-electron chi connectivity index (χ4n) is 1.24. The van der Waals surface area contributed by atoms with E-state index >= 15 is 0 Å². The van der Waals surface area contributed by atoms with Gasteiger partial charge in [0.05, 0.1) is 6.20 Å². The van der Waals surface area contributed by atoms with Crippen molar-refractivity contribution in [1.82, 2.24) is 5.16 Å². The number of aromatic nitrogens is 1. The first-order chi connectivity index (χ1) is 6.81. The van der Waals surface area contributed by atoms with E-state index < -0.39 is 0 Å². The van der Waals surface area contributed by atoms with E-state index in [1.165, 1.54) is 0 Å². The Morgan fingerprint density at radius 3 is 2.64 bits per heavy atom. The van der Waals surface area contributed by atoms with Crippen molar-refractivity contribution in [2.75, 3.05) is 0 Å². The van der Waals surface area contributed by atoms with Crippen LogP contribution in [0.25, 0.3) is 11.3 Å². The van der Waals surface area contributed by atoms with Crippen molar-refractivity contribution in [3.05, 3.63) is 41.0 Å². The third-order valence-corrected chi connectivity index (χ3v) is 2.22. The third kappa shape index (κ3) is 1.64. The second-order valence-electron chi connectivity index (χ2n) is 2.89. The summed E-state index contributed by atoms with van der Waals surface area (Å²) in [6.07, 6.45) is 1.63. The van der Waals surface area contributed by atoms with Crippen LogP contribution in [0.15, 0.2) is 35.0 Å². The summed E-state index contributed by atoms with van der Waals surface area (Å²) in [5, 5.41) is 4.40. The monoisotopic (exact) mass is 208 g/mol. The van der Waals surface area contributed by atoms with Crippen molar-refractivity contribution in [2.24, 2.45) is 5.73 Å². The summed E-state index contributed by atoms with van der Waals surface area (Å²) < 4.78 is 5.11. The Morgan fingerprint density at radius 2 is 2.00 bits per heavy atom. The van der Waals surface area contributed by atoms with Crippen molar-refractivity contribution in [2.45, 2.75) is 6.54 Å². The van der Waals surface area contributed by atoms with Crippen molar-refractivity contribution < 1.29 is 4.52 Å². The second-order valence-corrected chi connectivity index (χ2v) is 3.33. The highest BCUT2D eigenvalue weighted by Gasteiger charge is 2.08. The fraction of sp³-hybridized carbons (Fsp3) is 0.100. The van der Waals surface area contributed by atoms with Crippen molar-refractivity contribution in [3.8, 4) is 11.3 Å². The fourth-order valence-corrected chi connectivity index (χ4v) is 1.37. The first kappa shape index (κ1) is 9.24. The first-order valence-corrected chi connectivity index (χ1v) is 4.58. The molecule has 2 N–H and O–H groups in total. The minimum atomic E-state index is 0.418. The number of hydrogen-bond donors (Lipinski definition) is 1. The molecular formula is C10H9ClN2O. The normalized spacial score (nSPS) is 10.4. The molecule has 2 aromatic rings. The van der Waals surface area contributed by atoms with Gasteiger partial charge in [-0.1, -0.05) is 16.8 Å². The first-order valence-electron chi connectivity index (χ1n) is 4.21. The Bertz CT molecular complexity index is 422. The number of nitrogens with zero attached hydrogens (tertiary/aromatic N) is 1. The van der Waals surface area contributed by atoms with Crippen LogP contribution in [-0.4, -0.2) is 5.16 Å². The minimum Gasteiger partial charge on any atom is -0.356 e. The zero-order chi connectivity index (χ0) is 9.97. The van der Waals surface area contributed by atoms with Crippen LogP contribution >= 0.6 is 11.6 Å². The van der Waals surface area contributed by atoms with E-state index in [0.29, 0.717) is 17.3 Å². The lowest BCUT2D eigenvalue weighted by atomic mass is 10.1. The number of halogens is 1. The standard InChI is InChI=1S/C10H9ClN2O/c11-9-3-1-7(2-4-9)10-8(5-12)6-13-14-10/h1-4,6H,5,12H2. The third-order valence-electron chi connectivity index (χ3n) is 1.97. The number of rotatable bonds is 2. The summed E-state index contributed by atoms with van der Waals surface area (Å²) in [5.74, 6) is 0.712. The summed E-state index contributed by atoms with van der Waals surface area (Å²) in [5.41, 5.74) is 7.37. The quantitative estimate of drug-likeness (QED) is 0.825. The lowest BCUT2D eigenvalue weighted by Crippen LogP contribution is -1.95. The van der Waals surface area contributed by atoms with Crippen LogP contribution in [0.4, 0.5) is 0 Å². The van der Waals surface area contributed by atoms with E-state index in [1.807, 2.05) is 12.1 Å². The summed E-state index contributed by atoms with van der Waals surface area (Å²) in [6, 6.07) is 7.36. The van der Waals surface area contributed by atoms with Gasteiger partial charge >= 0.3 is 0 Å². The maximum Gasteiger partial charge on any atom is 0.171 e. The minimum absolute atomic E-state index is 0.418. The van der Waals surface area contributed by atoms with Gasteiger partial charge in [0, 0.05) is 22.7 Å². The van der Waals surface area contributed by atoms with Gasteiger partial charge in [-0.15, -0.1) is 0 Å². The van der Waals surface area contributed by atoms with Gasteiger partial charge in [-0.3, -0.25) is 0 Å². The Labute approximate surface area is 86.5 Å². The van der Waals surface area contributed by atoms with Gasteiger partial charge in [0.2, 0.25) is 0 Å². The van der Waals surface area contributed by atoms with Crippen LogP contribution in [-0.2, 0) is 6.54 Å². The van der Waals surface area contributed by atoms with E-state index in [1.54, 1.807) is 18.3 Å². The summed E-state index contributed by atoms with van der Waals surface area (Å²) in [4.78, 5) is 0. The van der Waals surface area contributed by atoms with E-state index in [0.717, 1.165) is 11.1 Å². The second kappa shape index (κ2) is 3.82. The van der Waals surface area contributed by atoms with E-state index in [9.17, 15) is 0 Å². The molecule has 0 aliphatic rings. The average Bonchev–Trinajstić information content (AvgIpc) is 2.67. The van der Waals surface area contributed by atoms with Crippen molar-refractivity contribution in [3.63, 3.8) is 0 Å². The summed E-state index contributed by atoms with van der Waals surface area (Å²) >= 11 is 5.78. The predicted molar refractivity (Wildman–Crippen MR) is 54.8 cm³/mol. The smallest absolute Gasteiger partial charge is 0.171 e. The molecule has 72 valence electrons. The van der Waals surface area contributed by atoms with Crippen LogP contribution in [0, 0.1) is 0 Å². The topological polar surface area (TPSA) is 52.0 Å². The highest BCUT2D eigenvalue weighted by molar-refractivity contribution is 6.30. The number of hydrogen-bond acceptors (Lipinski definition) is 3. The van der Waals surface area contributed by atoms with Gasteiger partial charge < -0.3 is 10.3 Å². The molecule has 3 nitrogen and oxygen atoms in total. The molecule has 0 aliphatic heterocycles. The van der Waals surface area contributed by atoms with Gasteiger partial charge in [-0.2, -0.15) is 0 Å². The molecule has 0 aliphatic carbocycles. The van der Waals surface area contributed by atoms with Crippen LogP contribution in [0.5, 0.6) is 0 Å². The molecule has 2 rings (SSSR count). The molecule has 14 heavy (non-hydrogen) atoms. The molecule has 1 heterocycles. The number of benzene rings is 1. The predicted octanol–water partition coefficient (Wildman–Crippen LogP) is 2.45. The highest BCUT2D eigenvalue weighted by Crippen LogP contribution is 2.24. The zero-order valence-corrected chi connectivity index (χ0v) is 8.16. The molecule has 0 atom stereocenters. The molecule has 0 fully saturated rings. The average molecular weight is 209 g/mol. The molecule has 1 aromatic carbocycles. The summed E-state index contributed by atoms with van der Waals surface area (Å²) in [6.45, 7) is 0.418. The molecule has 0 radical (unpaired) electrons. The molecule has 0 spiro atoms. The lowest BCUT2D eigenvalue weighted by molar-refractivity contribution is 0.431. The van der Waals surface area contributed by atoms with E-state index in [-0.39, 0.29) is 0 Å². The molecule has 4 heteroatoms. The number of nitrogens with two attached hydrogens (primary N) is 1. The van der Waals surface area contributed by atoms with Gasteiger partial charge in [0.15, 0.2) is 5.76 Å². The van der Waals surface area contributed by atoms with Crippen LogP contribution < -0.4 is 5.73 Å². The Kier molecular flexibility index (Phi) is 2.52. The van der Waals surface area contributed by atoms with Crippen LogP contribution in [0.1, 0.15) is 5.56 Å². The van der Waals surface area contributed by atoms with Crippen LogP contribution in [0.3, 0.4) is 0 Å². The SMILES string of the molecule is NCc1cnoc1-c1ccc(Cl)cc1. The maximum atomic E-state index is 5.78. The molecule has 0 saturated heterocycles. The summed E-state index contributed by atoms with van der Waals surface area (Å²) in [7, 11) is 0. The molecule has 0 unspecified atom stereocenters. The van der Waals surface area contributed by atoms with E-state index in [4.69, 9.17) is 21.9 Å². The maximum absolute atomic E-state index is 5.78. The van der Waals surface area contributed by atoms with Gasteiger partial charge in [-0.05, 0) is 24.3 Å². The Balaban J connectivity index is 2.44. The molecule has 0 saturated carbocycles. The van der Waals surface area contributed by atoms with Gasteiger partial charge in [-0.25, -0.2) is 0 Å². The van der Waals surface area contributed by atoms with Crippen LogP contribution in [0.2, 0.25) is 5.02 Å². The molecule has 1 aromatic heterocycles. The van der Waals surface area contributed by atoms with Crippen molar-refractivity contribution in [1.29, 1.82) is 0 Å². The van der Waals surface area contributed by atoms with E-state index in [2.05, 4.69) is 5.16 Å². The molecular weight excluding hydrogens is 200 g/mol. The van der Waals surface area contributed by atoms with Gasteiger partial charge in [0.25, 0.3) is 0 Å². The molecule has 0 bridgehead atoms. The Morgan fingerprint density at radius 1 is 1.29 bits per heavy atom. The lowest BCUT2D eigenvalue weighted by Gasteiger charge is -1.98. The van der Waals surface area contributed by atoms with Gasteiger partial charge in [0.1, 0.15) is 0 Å². The zero-order valence-electron chi connectivity index (χ0n) is 7.40. The molecule has 0 amide bonds. The highest BCUT2D eigenvalue weighted by atomic mass is 35.5. The van der Waals surface area contributed by atoms with Crippen molar-refractivity contribution >= 4 is 11.6 Å².